The topological polar surface area (TPSA) is 61.4 Å². The van der Waals surface area contributed by atoms with E-state index >= 15 is 0 Å². The Kier molecular flexibility index (Phi) is 6.13. The number of rotatable bonds is 5. The number of carbonyl (C=O) groups excluding carboxylic acids is 1. The van der Waals surface area contributed by atoms with Gasteiger partial charge in [0.25, 0.3) is 0 Å². The molecule has 1 amide bonds. The van der Waals surface area contributed by atoms with Crippen molar-refractivity contribution in [2.45, 2.75) is 42.5 Å². The number of amides is 1. The second-order valence-corrected chi connectivity index (χ2v) is 8.51. The van der Waals surface area contributed by atoms with Gasteiger partial charge in [0.1, 0.15) is 0 Å². The van der Waals surface area contributed by atoms with Crippen LogP contribution in [0.1, 0.15) is 32.1 Å². The van der Waals surface area contributed by atoms with Crippen LogP contribution in [0.25, 0.3) is 0 Å². The normalized spacial score (nSPS) is 20.7. The highest BCUT2D eigenvalue weighted by atomic mass is 32.2. The fourth-order valence-corrected chi connectivity index (χ4v) is 4.73. The maximum atomic E-state index is 12.0. The summed E-state index contributed by atoms with van der Waals surface area (Å²) >= 11 is 3.10. The number of carbonyl (C=O) groups is 1. The summed E-state index contributed by atoms with van der Waals surface area (Å²) in [5.74, 6) is 0.562. The first-order chi connectivity index (χ1) is 11.2. The van der Waals surface area contributed by atoms with Crippen molar-refractivity contribution in [1.82, 2.24) is 20.4 Å². The second-order valence-electron chi connectivity index (χ2n) is 6.33. The van der Waals surface area contributed by atoms with Crippen molar-refractivity contribution in [3.05, 3.63) is 0 Å². The van der Waals surface area contributed by atoms with Crippen molar-refractivity contribution in [1.29, 1.82) is 0 Å². The molecule has 128 valence electrons. The number of hydrogen-bond donors (Lipinski definition) is 1. The van der Waals surface area contributed by atoms with E-state index in [2.05, 4.69) is 32.4 Å². The van der Waals surface area contributed by atoms with Crippen molar-refractivity contribution in [2.24, 2.45) is 0 Å². The first-order valence-corrected chi connectivity index (χ1v) is 10.2. The number of nitrogens with one attached hydrogen (secondary N) is 1. The van der Waals surface area contributed by atoms with E-state index in [-0.39, 0.29) is 5.91 Å². The highest BCUT2D eigenvalue weighted by Crippen LogP contribution is 2.28. The van der Waals surface area contributed by atoms with Crippen LogP contribution in [0.15, 0.2) is 4.34 Å². The van der Waals surface area contributed by atoms with Gasteiger partial charge in [-0.2, -0.15) is 0 Å². The van der Waals surface area contributed by atoms with E-state index in [0.29, 0.717) is 11.8 Å². The summed E-state index contributed by atoms with van der Waals surface area (Å²) in [6, 6.07) is 0.382. The average molecular weight is 356 g/mol. The molecule has 0 aromatic carbocycles. The minimum absolute atomic E-state index is 0.123. The van der Waals surface area contributed by atoms with Gasteiger partial charge in [0.05, 0.1) is 5.75 Å². The maximum absolute atomic E-state index is 12.0. The van der Waals surface area contributed by atoms with Crippen LogP contribution in [0, 0.1) is 0 Å². The van der Waals surface area contributed by atoms with Gasteiger partial charge in [0, 0.05) is 32.2 Å². The summed E-state index contributed by atoms with van der Waals surface area (Å²) in [7, 11) is 2.14. The number of piperazine rings is 1. The average Bonchev–Trinajstić information content (AvgIpc) is 3.04. The molecule has 1 saturated carbocycles. The monoisotopic (exact) mass is 355 g/mol. The molecule has 1 aliphatic carbocycles. The Morgan fingerprint density at radius 2 is 1.96 bits per heavy atom. The van der Waals surface area contributed by atoms with E-state index in [1.54, 1.807) is 11.3 Å². The third-order valence-electron chi connectivity index (χ3n) is 4.47. The molecular formula is C15H25N5OS2. The van der Waals surface area contributed by atoms with Crippen LogP contribution in [0.5, 0.6) is 0 Å². The van der Waals surface area contributed by atoms with E-state index in [0.717, 1.165) is 48.5 Å². The van der Waals surface area contributed by atoms with Crippen LogP contribution >= 0.6 is 23.1 Å². The zero-order valence-electron chi connectivity index (χ0n) is 13.7. The molecular weight excluding hydrogens is 330 g/mol. The molecule has 0 spiro atoms. The molecule has 6 nitrogen and oxygen atoms in total. The first kappa shape index (κ1) is 17.0. The summed E-state index contributed by atoms with van der Waals surface area (Å²) in [6.45, 7) is 4.12. The molecule has 0 bridgehead atoms. The van der Waals surface area contributed by atoms with Crippen molar-refractivity contribution in [2.75, 3.05) is 43.9 Å². The summed E-state index contributed by atoms with van der Waals surface area (Å²) in [4.78, 5) is 16.6. The number of hydrogen-bond acceptors (Lipinski definition) is 7. The molecule has 2 fully saturated rings. The predicted molar refractivity (Wildman–Crippen MR) is 95.4 cm³/mol. The van der Waals surface area contributed by atoms with Crippen LogP contribution < -0.4 is 10.2 Å². The molecule has 23 heavy (non-hydrogen) atoms. The highest BCUT2D eigenvalue weighted by molar-refractivity contribution is 8.01. The van der Waals surface area contributed by atoms with E-state index in [1.807, 2.05) is 0 Å². The molecule has 1 aromatic heterocycles. The second kappa shape index (κ2) is 8.30. The van der Waals surface area contributed by atoms with Gasteiger partial charge in [-0.1, -0.05) is 42.4 Å². The molecule has 3 rings (SSSR count). The van der Waals surface area contributed by atoms with Gasteiger partial charge in [-0.3, -0.25) is 4.79 Å². The van der Waals surface area contributed by atoms with Gasteiger partial charge in [0.2, 0.25) is 11.0 Å². The van der Waals surface area contributed by atoms with Crippen LogP contribution in [0.3, 0.4) is 0 Å². The number of likely N-dealkylation sites (N-methyl/N-ethyl adjacent to an activating group) is 1. The highest BCUT2D eigenvalue weighted by Gasteiger charge is 2.19. The standard InChI is InChI=1S/C15H25N5OS2/c1-19-7-9-20(10-8-19)14-17-18-15(23-14)22-11-13(21)16-12-5-3-2-4-6-12/h12H,2-11H2,1H3,(H,16,21). The van der Waals surface area contributed by atoms with Crippen molar-refractivity contribution in [3.8, 4) is 0 Å². The van der Waals surface area contributed by atoms with Crippen molar-refractivity contribution < 1.29 is 4.79 Å². The van der Waals surface area contributed by atoms with Crippen molar-refractivity contribution >= 4 is 34.1 Å². The third kappa shape index (κ3) is 5.06. The molecule has 1 N–H and O–H groups in total. The Morgan fingerprint density at radius 1 is 1.22 bits per heavy atom. The quantitative estimate of drug-likeness (QED) is 0.813. The lowest BCUT2D eigenvalue weighted by Gasteiger charge is -2.31. The summed E-state index contributed by atoms with van der Waals surface area (Å²) in [5, 5.41) is 12.6. The lowest BCUT2D eigenvalue weighted by molar-refractivity contribution is -0.119. The molecule has 1 aromatic rings. The minimum Gasteiger partial charge on any atom is -0.353 e. The summed E-state index contributed by atoms with van der Waals surface area (Å²) in [6.07, 6.45) is 6.04. The third-order valence-corrected chi connectivity index (χ3v) is 6.58. The number of aromatic nitrogens is 2. The molecule has 0 atom stereocenters. The van der Waals surface area contributed by atoms with Gasteiger partial charge in [-0.15, -0.1) is 10.2 Å². The largest absolute Gasteiger partial charge is 0.353 e. The molecule has 0 unspecified atom stereocenters. The lowest BCUT2D eigenvalue weighted by Crippen LogP contribution is -2.44. The molecule has 2 heterocycles. The predicted octanol–water partition coefficient (Wildman–Crippen LogP) is 1.83. The molecule has 2 aliphatic rings. The first-order valence-electron chi connectivity index (χ1n) is 8.40. The summed E-state index contributed by atoms with van der Waals surface area (Å²) < 4.78 is 0.887. The molecule has 1 saturated heterocycles. The van der Waals surface area contributed by atoms with Gasteiger partial charge >= 0.3 is 0 Å². The number of thioether (sulfide) groups is 1. The van der Waals surface area contributed by atoms with Crippen LogP contribution in [0.4, 0.5) is 5.13 Å². The Morgan fingerprint density at radius 3 is 2.70 bits per heavy atom. The van der Waals surface area contributed by atoms with Crippen LogP contribution in [-0.4, -0.2) is 66.0 Å². The van der Waals surface area contributed by atoms with Gasteiger partial charge < -0.3 is 15.1 Å². The van der Waals surface area contributed by atoms with Crippen LogP contribution in [0.2, 0.25) is 0 Å². The van der Waals surface area contributed by atoms with E-state index in [9.17, 15) is 4.79 Å². The minimum atomic E-state index is 0.123. The SMILES string of the molecule is CN1CCN(c2nnc(SCC(=O)NC3CCCCC3)s2)CC1. The Balaban J connectivity index is 1.42. The van der Waals surface area contributed by atoms with Gasteiger partial charge in [0.15, 0.2) is 4.34 Å². The van der Waals surface area contributed by atoms with E-state index < -0.39 is 0 Å². The molecule has 1 aliphatic heterocycles. The Bertz CT molecular complexity index is 510. The number of anilines is 1. The molecule has 8 heteroatoms. The lowest BCUT2D eigenvalue weighted by atomic mass is 9.95. The Hall–Kier alpha value is -0.860. The Labute approximate surface area is 146 Å². The van der Waals surface area contributed by atoms with Gasteiger partial charge in [-0.25, -0.2) is 0 Å². The fourth-order valence-electron chi connectivity index (χ4n) is 3.03. The van der Waals surface area contributed by atoms with E-state index in [4.69, 9.17) is 0 Å². The number of nitrogens with zero attached hydrogens (tertiary/aromatic N) is 4. The summed E-state index contributed by atoms with van der Waals surface area (Å²) in [5.41, 5.74) is 0. The smallest absolute Gasteiger partial charge is 0.230 e. The van der Waals surface area contributed by atoms with Crippen molar-refractivity contribution in [3.63, 3.8) is 0 Å². The van der Waals surface area contributed by atoms with Crippen LogP contribution in [-0.2, 0) is 4.79 Å². The fraction of sp³-hybridized carbons (Fsp3) is 0.800. The zero-order valence-corrected chi connectivity index (χ0v) is 15.3. The maximum Gasteiger partial charge on any atom is 0.230 e. The van der Waals surface area contributed by atoms with E-state index in [1.165, 1.54) is 31.0 Å². The zero-order chi connectivity index (χ0) is 16.1. The van der Waals surface area contributed by atoms with Gasteiger partial charge in [-0.05, 0) is 19.9 Å². The molecule has 0 radical (unpaired) electrons.